The third kappa shape index (κ3) is 6.48. The molecular formula is C25H33N3O3. The SMILES string of the molecule is CCCCOc1ccc(C(=O)Nc2ccc(N3CCN(C(=O)CCC)CC3)cc2)cc1. The summed E-state index contributed by atoms with van der Waals surface area (Å²) in [6.45, 7) is 8.03. The summed E-state index contributed by atoms with van der Waals surface area (Å²) in [5, 5.41) is 2.94. The molecule has 0 saturated carbocycles. The Morgan fingerprint density at radius 1 is 0.903 bits per heavy atom. The van der Waals surface area contributed by atoms with Crippen LogP contribution < -0.4 is 15.0 Å². The first-order chi connectivity index (χ1) is 15.1. The van der Waals surface area contributed by atoms with E-state index in [0.717, 1.165) is 62.6 Å². The second-order valence-electron chi connectivity index (χ2n) is 7.85. The number of amides is 2. The lowest BCUT2D eigenvalue weighted by Crippen LogP contribution is -2.48. The molecule has 1 N–H and O–H groups in total. The topological polar surface area (TPSA) is 61.9 Å². The molecular weight excluding hydrogens is 390 g/mol. The van der Waals surface area contributed by atoms with Crippen molar-refractivity contribution < 1.29 is 14.3 Å². The van der Waals surface area contributed by atoms with E-state index < -0.39 is 0 Å². The van der Waals surface area contributed by atoms with Gasteiger partial charge >= 0.3 is 0 Å². The van der Waals surface area contributed by atoms with Crippen LogP contribution in [0.1, 0.15) is 49.9 Å². The molecule has 1 aliphatic heterocycles. The summed E-state index contributed by atoms with van der Waals surface area (Å²) in [4.78, 5) is 28.8. The quantitative estimate of drug-likeness (QED) is 0.601. The van der Waals surface area contributed by atoms with E-state index in [0.29, 0.717) is 18.6 Å². The van der Waals surface area contributed by atoms with Crippen molar-refractivity contribution in [2.75, 3.05) is 43.0 Å². The van der Waals surface area contributed by atoms with Crippen LogP contribution in [-0.4, -0.2) is 49.5 Å². The van der Waals surface area contributed by atoms with E-state index in [9.17, 15) is 9.59 Å². The van der Waals surface area contributed by atoms with Gasteiger partial charge in [0.1, 0.15) is 5.75 Å². The molecule has 0 atom stereocenters. The molecule has 2 aromatic rings. The number of carbonyl (C=O) groups is 2. The molecule has 0 spiro atoms. The van der Waals surface area contributed by atoms with Crippen molar-refractivity contribution in [3.8, 4) is 5.75 Å². The lowest BCUT2D eigenvalue weighted by atomic mass is 10.2. The summed E-state index contributed by atoms with van der Waals surface area (Å²) in [6, 6.07) is 15.1. The molecule has 3 rings (SSSR count). The highest BCUT2D eigenvalue weighted by molar-refractivity contribution is 6.04. The van der Waals surface area contributed by atoms with Crippen molar-refractivity contribution in [1.82, 2.24) is 4.90 Å². The number of unbranched alkanes of at least 4 members (excludes halogenated alkanes) is 1. The van der Waals surface area contributed by atoms with Crippen LogP contribution in [0.5, 0.6) is 5.75 Å². The van der Waals surface area contributed by atoms with Gasteiger partial charge in [-0.1, -0.05) is 20.3 Å². The molecule has 166 valence electrons. The van der Waals surface area contributed by atoms with Gasteiger partial charge in [0.25, 0.3) is 5.91 Å². The predicted octanol–water partition coefficient (Wildman–Crippen LogP) is 4.57. The number of benzene rings is 2. The van der Waals surface area contributed by atoms with Crippen molar-refractivity contribution in [2.24, 2.45) is 0 Å². The Bertz CT molecular complexity index is 841. The van der Waals surface area contributed by atoms with Gasteiger partial charge in [0, 0.05) is 49.5 Å². The summed E-state index contributed by atoms with van der Waals surface area (Å²) >= 11 is 0. The number of ether oxygens (including phenoxy) is 1. The second kappa shape index (κ2) is 11.4. The molecule has 0 aliphatic carbocycles. The fraction of sp³-hybridized carbons (Fsp3) is 0.440. The number of piperazine rings is 1. The molecule has 2 amide bonds. The number of anilines is 2. The first-order valence-electron chi connectivity index (χ1n) is 11.3. The van der Waals surface area contributed by atoms with Gasteiger partial charge in [0.05, 0.1) is 6.61 Å². The third-order valence-corrected chi connectivity index (χ3v) is 5.47. The smallest absolute Gasteiger partial charge is 0.255 e. The van der Waals surface area contributed by atoms with E-state index in [2.05, 4.69) is 17.1 Å². The Hall–Kier alpha value is -3.02. The van der Waals surface area contributed by atoms with E-state index in [4.69, 9.17) is 4.74 Å². The van der Waals surface area contributed by atoms with Gasteiger partial charge in [-0.3, -0.25) is 9.59 Å². The van der Waals surface area contributed by atoms with Crippen molar-refractivity contribution in [1.29, 1.82) is 0 Å². The van der Waals surface area contributed by atoms with Crippen LogP contribution in [0.2, 0.25) is 0 Å². The Morgan fingerprint density at radius 3 is 2.19 bits per heavy atom. The van der Waals surface area contributed by atoms with Crippen LogP contribution in [0.25, 0.3) is 0 Å². The summed E-state index contributed by atoms with van der Waals surface area (Å²) in [6.07, 6.45) is 3.63. The van der Waals surface area contributed by atoms with Gasteiger partial charge in [-0.25, -0.2) is 0 Å². The lowest BCUT2D eigenvalue weighted by molar-refractivity contribution is -0.131. The minimum absolute atomic E-state index is 0.143. The fourth-order valence-corrected chi connectivity index (χ4v) is 3.58. The molecule has 0 radical (unpaired) electrons. The minimum atomic E-state index is -0.143. The number of hydrogen-bond donors (Lipinski definition) is 1. The van der Waals surface area contributed by atoms with Crippen molar-refractivity contribution in [3.05, 3.63) is 54.1 Å². The zero-order chi connectivity index (χ0) is 22.1. The van der Waals surface area contributed by atoms with Gasteiger partial charge < -0.3 is 19.9 Å². The molecule has 6 heteroatoms. The maximum Gasteiger partial charge on any atom is 0.255 e. The molecule has 2 aromatic carbocycles. The van der Waals surface area contributed by atoms with Crippen LogP contribution >= 0.6 is 0 Å². The molecule has 0 bridgehead atoms. The minimum Gasteiger partial charge on any atom is -0.494 e. The molecule has 1 aliphatic rings. The van der Waals surface area contributed by atoms with Gasteiger partial charge in [0.2, 0.25) is 5.91 Å². The molecule has 6 nitrogen and oxygen atoms in total. The average molecular weight is 424 g/mol. The van der Waals surface area contributed by atoms with E-state index in [1.54, 1.807) is 12.1 Å². The highest BCUT2D eigenvalue weighted by Crippen LogP contribution is 2.21. The predicted molar refractivity (Wildman–Crippen MR) is 125 cm³/mol. The largest absolute Gasteiger partial charge is 0.494 e. The normalized spacial score (nSPS) is 13.7. The highest BCUT2D eigenvalue weighted by atomic mass is 16.5. The number of carbonyl (C=O) groups excluding carboxylic acids is 2. The number of rotatable bonds is 9. The lowest BCUT2D eigenvalue weighted by Gasteiger charge is -2.36. The maximum absolute atomic E-state index is 12.5. The van der Waals surface area contributed by atoms with Gasteiger partial charge in [-0.15, -0.1) is 0 Å². The van der Waals surface area contributed by atoms with Crippen molar-refractivity contribution in [3.63, 3.8) is 0 Å². The summed E-state index contributed by atoms with van der Waals surface area (Å²) in [5.74, 6) is 0.891. The van der Waals surface area contributed by atoms with Gasteiger partial charge in [-0.2, -0.15) is 0 Å². The molecule has 0 aromatic heterocycles. The first-order valence-corrected chi connectivity index (χ1v) is 11.3. The average Bonchev–Trinajstić information content (AvgIpc) is 2.80. The van der Waals surface area contributed by atoms with E-state index in [-0.39, 0.29) is 11.8 Å². The van der Waals surface area contributed by atoms with E-state index in [1.165, 1.54) is 0 Å². The van der Waals surface area contributed by atoms with E-state index in [1.807, 2.05) is 48.2 Å². The second-order valence-corrected chi connectivity index (χ2v) is 7.85. The van der Waals surface area contributed by atoms with Gasteiger partial charge in [-0.05, 0) is 61.4 Å². The van der Waals surface area contributed by atoms with Crippen LogP contribution in [0.3, 0.4) is 0 Å². The Labute approximate surface area is 185 Å². The van der Waals surface area contributed by atoms with Crippen LogP contribution in [0.15, 0.2) is 48.5 Å². The first kappa shape index (κ1) is 22.7. The summed E-state index contributed by atoms with van der Waals surface area (Å²) < 4.78 is 5.64. The number of nitrogens with one attached hydrogen (secondary N) is 1. The standard InChI is InChI=1S/C25H33N3O3/c1-3-5-19-31-23-13-7-20(8-14-23)25(30)26-21-9-11-22(12-10-21)27-15-17-28(18-16-27)24(29)6-4-2/h7-14H,3-6,15-19H2,1-2H3,(H,26,30). The fourth-order valence-electron chi connectivity index (χ4n) is 3.58. The highest BCUT2D eigenvalue weighted by Gasteiger charge is 2.20. The molecule has 1 heterocycles. The zero-order valence-electron chi connectivity index (χ0n) is 18.6. The number of nitrogens with zero attached hydrogens (tertiary/aromatic N) is 2. The Morgan fingerprint density at radius 2 is 1.58 bits per heavy atom. The monoisotopic (exact) mass is 423 g/mol. The van der Waals surface area contributed by atoms with Crippen LogP contribution in [-0.2, 0) is 4.79 Å². The third-order valence-electron chi connectivity index (χ3n) is 5.47. The van der Waals surface area contributed by atoms with Gasteiger partial charge in [0.15, 0.2) is 0 Å². The summed E-state index contributed by atoms with van der Waals surface area (Å²) in [7, 11) is 0. The van der Waals surface area contributed by atoms with Crippen molar-refractivity contribution >= 4 is 23.2 Å². The van der Waals surface area contributed by atoms with E-state index >= 15 is 0 Å². The Kier molecular flexibility index (Phi) is 8.33. The zero-order valence-corrected chi connectivity index (χ0v) is 18.6. The van der Waals surface area contributed by atoms with Crippen molar-refractivity contribution in [2.45, 2.75) is 39.5 Å². The molecule has 31 heavy (non-hydrogen) atoms. The summed E-state index contributed by atoms with van der Waals surface area (Å²) in [5.41, 5.74) is 2.46. The van der Waals surface area contributed by atoms with Crippen LogP contribution in [0, 0.1) is 0 Å². The molecule has 1 fully saturated rings. The maximum atomic E-state index is 12.5. The van der Waals surface area contributed by atoms with Crippen LogP contribution in [0.4, 0.5) is 11.4 Å². The number of hydrogen-bond acceptors (Lipinski definition) is 4. The Balaban J connectivity index is 1.50. The molecule has 1 saturated heterocycles. The molecule has 0 unspecified atom stereocenters.